The molecule has 1 amide bonds. The summed E-state index contributed by atoms with van der Waals surface area (Å²) in [7, 11) is 0. The molecule has 1 aromatic carbocycles. The van der Waals surface area contributed by atoms with E-state index in [1.165, 1.54) is 0 Å². The largest absolute Gasteiger partial charge is 0.494 e. The van der Waals surface area contributed by atoms with Gasteiger partial charge < -0.3 is 14.4 Å². The lowest BCUT2D eigenvalue weighted by atomic mass is 10.1. The number of hydrogen-bond acceptors (Lipinski definition) is 3. The van der Waals surface area contributed by atoms with E-state index in [4.69, 9.17) is 9.47 Å². The summed E-state index contributed by atoms with van der Waals surface area (Å²) in [6.45, 7) is 7.86. The van der Waals surface area contributed by atoms with Gasteiger partial charge in [-0.3, -0.25) is 4.79 Å². The molecule has 1 heterocycles. The van der Waals surface area contributed by atoms with Gasteiger partial charge in [0.05, 0.1) is 18.8 Å². The summed E-state index contributed by atoms with van der Waals surface area (Å²) in [5, 5.41) is 0. The molecule has 0 aromatic heterocycles. The molecule has 19 heavy (non-hydrogen) atoms. The molecule has 0 radical (unpaired) electrons. The van der Waals surface area contributed by atoms with E-state index in [2.05, 4.69) is 0 Å². The van der Waals surface area contributed by atoms with E-state index in [1.807, 2.05) is 49.9 Å². The fourth-order valence-electron chi connectivity index (χ4n) is 2.39. The fraction of sp³-hybridized carbons (Fsp3) is 0.533. The van der Waals surface area contributed by atoms with Crippen LogP contribution in [0.5, 0.6) is 5.75 Å². The zero-order chi connectivity index (χ0) is 13.8. The van der Waals surface area contributed by atoms with Crippen molar-refractivity contribution < 1.29 is 14.3 Å². The molecule has 104 valence electrons. The second kappa shape index (κ2) is 6.06. The third kappa shape index (κ3) is 3.47. The molecule has 0 N–H and O–H groups in total. The van der Waals surface area contributed by atoms with Gasteiger partial charge in [0.15, 0.2) is 0 Å². The molecule has 0 spiro atoms. The average Bonchev–Trinajstić information content (AvgIpc) is 2.38. The third-order valence-electron chi connectivity index (χ3n) is 3.12. The Balaban J connectivity index is 2.06. The highest BCUT2D eigenvalue weighted by molar-refractivity contribution is 5.94. The lowest BCUT2D eigenvalue weighted by Gasteiger charge is -2.35. The zero-order valence-corrected chi connectivity index (χ0v) is 11.8. The second-order valence-electron chi connectivity index (χ2n) is 4.92. The van der Waals surface area contributed by atoms with Gasteiger partial charge in [0.2, 0.25) is 0 Å². The first-order chi connectivity index (χ1) is 9.10. The minimum absolute atomic E-state index is 0.0602. The predicted octanol–water partition coefficient (Wildman–Crippen LogP) is 2.33. The Kier molecular flexibility index (Phi) is 4.43. The van der Waals surface area contributed by atoms with E-state index in [0.29, 0.717) is 25.3 Å². The average molecular weight is 263 g/mol. The van der Waals surface area contributed by atoms with Gasteiger partial charge in [0, 0.05) is 18.7 Å². The summed E-state index contributed by atoms with van der Waals surface area (Å²) in [6.07, 6.45) is 0.186. The van der Waals surface area contributed by atoms with Crippen LogP contribution in [0, 0.1) is 0 Å². The summed E-state index contributed by atoms with van der Waals surface area (Å²) in [6, 6.07) is 7.31. The number of benzene rings is 1. The topological polar surface area (TPSA) is 38.8 Å². The molecule has 1 fully saturated rings. The van der Waals surface area contributed by atoms with E-state index >= 15 is 0 Å². The first-order valence-corrected chi connectivity index (χ1v) is 6.77. The van der Waals surface area contributed by atoms with Gasteiger partial charge in [-0.1, -0.05) is 0 Å². The first kappa shape index (κ1) is 13.9. The van der Waals surface area contributed by atoms with E-state index in [0.717, 1.165) is 5.75 Å². The van der Waals surface area contributed by atoms with Gasteiger partial charge in [-0.2, -0.15) is 0 Å². The minimum atomic E-state index is 0.0602. The maximum Gasteiger partial charge on any atom is 0.254 e. The van der Waals surface area contributed by atoms with Crippen LogP contribution in [0.4, 0.5) is 0 Å². The van der Waals surface area contributed by atoms with E-state index < -0.39 is 0 Å². The van der Waals surface area contributed by atoms with Crippen LogP contribution in [0.2, 0.25) is 0 Å². The smallest absolute Gasteiger partial charge is 0.254 e. The molecule has 4 heteroatoms. The zero-order valence-electron chi connectivity index (χ0n) is 11.8. The summed E-state index contributed by atoms with van der Waals surface area (Å²) in [4.78, 5) is 14.2. The fourth-order valence-corrected chi connectivity index (χ4v) is 2.39. The number of carbonyl (C=O) groups is 1. The molecule has 0 bridgehead atoms. The lowest BCUT2D eigenvalue weighted by molar-refractivity contribution is -0.0586. The van der Waals surface area contributed by atoms with Crippen molar-refractivity contribution in [1.82, 2.24) is 4.90 Å². The highest BCUT2D eigenvalue weighted by atomic mass is 16.5. The van der Waals surface area contributed by atoms with Crippen LogP contribution < -0.4 is 4.74 Å². The lowest BCUT2D eigenvalue weighted by Crippen LogP contribution is -2.48. The van der Waals surface area contributed by atoms with Crippen molar-refractivity contribution >= 4 is 5.91 Å². The van der Waals surface area contributed by atoms with Crippen molar-refractivity contribution in [2.75, 3.05) is 19.7 Å². The molecule has 2 unspecified atom stereocenters. The van der Waals surface area contributed by atoms with Gasteiger partial charge in [-0.15, -0.1) is 0 Å². The van der Waals surface area contributed by atoms with Gasteiger partial charge >= 0.3 is 0 Å². The molecule has 0 aliphatic carbocycles. The summed E-state index contributed by atoms with van der Waals surface area (Å²) < 4.78 is 11.0. The molecule has 1 aliphatic heterocycles. The van der Waals surface area contributed by atoms with Crippen LogP contribution in [-0.4, -0.2) is 42.7 Å². The van der Waals surface area contributed by atoms with E-state index in [9.17, 15) is 4.79 Å². The molecule has 2 rings (SSSR count). The predicted molar refractivity (Wildman–Crippen MR) is 73.5 cm³/mol. The Morgan fingerprint density at radius 2 is 1.84 bits per heavy atom. The standard InChI is InChI=1S/C15H21NO3/c1-4-18-14-7-5-13(6-8-14)15(17)16-9-11(2)19-12(3)10-16/h5-8,11-12H,4,9-10H2,1-3H3. The third-order valence-corrected chi connectivity index (χ3v) is 3.12. The van der Waals surface area contributed by atoms with Crippen molar-refractivity contribution in [3.63, 3.8) is 0 Å². The molecule has 1 aromatic rings. The number of morpholine rings is 1. The van der Waals surface area contributed by atoms with E-state index in [-0.39, 0.29) is 18.1 Å². The second-order valence-corrected chi connectivity index (χ2v) is 4.92. The monoisotopic (exact) mass is 263 g/mol. The summed E-state index contributed by atoms with van der Waals surface area (Å²) in [5.74, 6) is 0.854. The SMILES string of the molecule is CCOc1ccc(C(=O)N2CC(C)OC(C)C2)cc1. The Hall–Kier alpha value is -1.55. The van der Waals surface area contributed by atoms with Crippen molar-refractivity contribution in [2.45, 2.75) is 33.0 Å². The van der Waals surface area contributed by atoms with Crippen LogP contribution >= 0.6 is 0 Å². The van der Waals surface area contributed by atoms with Crippen LogP contribution in [0.3, 0.4) is 0 Å². The number of rotatable bonds is 3. The van der Waals surface area contributed by atoms with Gasteiger partial charge in [0.1, 0.15) is 5.75 Å². The Morgan fingerprint density at radius 3 is 2.37 bits per heavy atom. The van der Waals surface area contributed by atoms with Gasteiger partial charge in [-0.05, 0) is 45.0 Å². The molecular weight excluding hydrogens is 242 g/mol. The van der Waals surface area contributed by atoms with Crippen molar-refractivity contribution in [1.29, 1.82) is 0 Å². The van der Waals surface area contributed by atoms with Gasteiger partial charge in [-0.25, -0.2) is 0 Å². The highest BCUT2D eigenvalue weighted by Crippen LogP contribution is 2.17. The van der Waals surface area contributed by atoms with Crippen molar-refractivity contribution in [3.8, 4) is 5.75 Å². The number of carbonyl (C=O) groups excluding carboxylic acids is 1. The van der Waals surface area contributed by atoms with E-state index in [1.54, 1.807) is 0 Å². The number of ether oxygens (including phenoxy) is 2. The van der Waals surface area contributed by atoms with Gasteiger partial charge in [0.25, 0.3) is 5.91 Å². The molecular formula is C15H21NO3. The molecule has 0 saturated carbocycles. The minimum Gasteiger partial charge on any atom is -0.494 e. The first-order valence-electron chi connectivity index (χ1n) is 6.77. The number of amides is 1. The molecule has 2 atom stereocenters. The summed E-state index contributed by atoms with van der Waals surface area (Å²) >= 11 is 0. The Labute approximate surface area is 114 Å². The molecule has 1 saturated heterocycles. The maximum atomic E-state index is 12.4. The molecule has 4 nitrogen and oxygen atoms in total. The Morgan fingerprint density at radius 1 is 1.26 bits per heavy atom. The number of hydrogen-bond donors (Lipinski definition) is 0. The normalized spacial score (nSPS) is 23.2. The van der Waals surface area contributed by atoms with Crippen LogP contribution in [0.15, 0.2) is 24.3 Å². The van der Waals surface area contributed by atoms with Crippen LogP contribution in [-0.2, 0) is 4.74 Å². The van der Waals surface area contributed by atoms with Crippen LogP contribution in [0.25, 0.3) is 0 Å². The van der Waals surface area contributed by atoms with Crippen molar-refractivity contribution in [2.24, 2.45) is 0 Å². The van der Waals surface area contributed by atoms with Crippen LogP contribution in [0.1, 0.15) is 31.1 Å². The Bertz CT molecular complexity index is 420. The summed E-state index contributed by atoms with van der Waals surface area (Å²) in [5.41, 5.74) is 0.699. The maximum absolute atomic E-state index is 12.4. The molecule has 1 aliphatic rings. The highest BCUT2D eigenvalue weighted by Gasteiger charge is 2.26. The number of nitrogens with zero attached hydrogens (tertiary/aromatic N) is 1. The quantitative estimate of drug-likeness (QED) is 0.840. The van der Waals surface area contributed by atoms with Crippen molar-refractivity contribution in [3.05, 3.63) is 29.8 Å².